The van der Waals surface area contributed by atoms with Gasteiger partial charge in [-0.1, -0.05) is 194 Å². The molecule has 66 heavy (non-hydrogen) atoms. The normalized spacial score (nSPS) is 11.6. The number of nitrogens with zero attached hydrogens (tertiary/aromatic N) is 1. The maximum absolute atomic E-state index is 6.45. The topological polar surface area (TPSA) is 16.4 Å². The Balaban J connectivity index is 0.942. The van der Waals surface area contributed by atoms with Crippen LogP contribution in [0.2, 0.25) is 0 Å². The predicted octanol–water partition coefficient (Wildman–Crippen LogP) is 18.3. The van der Waals surface area contributed by atoms with Crippen molar-refractivity contribution in [1.29, 1.82) is 0 Å². The predicted molar refractivity (Wildman–Crippen MR) is 280 cm³/mol. The number of rotatable bonds is 7. The minimum absolute atomic E-state index is 0.864. The molecule has 0 bridgehead atoms. The van der Waals surface area contributed by atoms with Crippen LogP contribution in [0.25, 0.3) is 110 Å². The zero-order valence-electron chi connectivity index (χ0n) is 36.0. The van der Waals surface area contributed by atoms with Crippen LogP contribution in [-0.4, -0.2) is 0 Å². The zero-order chi connectivity index (χ0) is 43.6. The number of fused-ring (bicyclic) bond motifs is 9. The summed E-state index contributed by atoms with van der Waals surface area (Å²) >= 11 is 0. The maximum Gasteiger partial charge on any atom is 0.137 e. The second-order valence-electron chi connectivity index (χ2n) is 17.2. The van der Waals surface area contributed by atoms with Crippen LogP contribution < -0.4 is 4.90 Å². The Morgan fingerprint density at radius 3 is 1.48 bits per heavy atom. The van der Waals surface area contributed by atoms with Crippen molar-refractivity contribution in [2.75, 3.05) is 4.90 Å². The van der Waals surface area contributed by atoms with Crippen LogP contribution in [0.15, 0.2) is 253 Å². The van der Waals surface area contributed by atoms with E-state index in [0.717, 1.165) is 44.6 Å². The molecule has 0 atom stereocenters. The fourth-order valence-electron chi connectivity index (χ4n) is 10.4. The summed E-state index contributed by atoms with van der Waals surface area (Å²) < 4.78 is 6.45. The van der Waals surface area contributed by atoms with Gasteiger partial charge >= 0.3 is 0 Å². The second kappa shape index (κ2) is 15.5. The quantitative estimate of drug-likeness (QED) is 0.149. The first-order chi connectivity index (χ1) is 32.7. The molecular formula is C64H41NO. The lowest BCUT2D eigenvalue weighted by atomic mass is 9.84. The summed E-state index contributed by atoms with van der Waals surface area (Å²) in [6.45, 7) is 0. The molecule has 0 saturated carbocycles. The van der Waals surface area contributed by atoms with Crippen LogP contribution >= 0.6 is 0 Å². The molecule has 0 aliphatic carbocycles. The summed E-state index contributed by atoms with van der Waals surface area (Å²) in [6.07, 6.45) is 0. The molecule has 0 spiro atoms. The highest BCUT2D eigenvalue weighted by molar-refractivity contribution is 6.22. The van der Waals surface area contributed by atoms with Crippen LogP contribution in [0.1, 0.15) is 0 Å². The number of para-hydroxylation sites is 1. The van der Waals surface area contributed by atoms with Gasteiger partial charge in [-0.05, 0) is 136 Å². The van der Waals surface area contributed by atoms with Gasteiger partial charge in [0.1, 0.15) is 11.2 Å². The highest BCUT2D eigenvalue weighted by Gasteiger charge is 2.20. The van der Waals surface area contributed by atoms with E-state index in [4.69, 9.17) is 4.42 Å². The molecule has 0 unspecified atom stereocenters. The first-order valence-corrected chi connectivity index (χ1v) is 22.7. The molecule has 2 heteroatoms. The standard InChI is InChI=1S/C64H41NO/c1-3-15-45(16-4-1)63-59-22-10-9-20-54(59)56-38-31-47(40-60(56)64(63)46-17-5-2-6-18-46)42-26-32-48(33-27-42)65(50-36-39-58-57-21-11-12-25-61(57)66-62(58)41-50)49-34-28-44(29-35-49)52-23-13-24-53-51-19-8-7-14-43(51)30-37-55(52)53/h1-41H. The molecule has 0 N–H and O–H groups in total. The summed E-state index contributed by atoms with van der Waals surface area (Å²) in [7, 11) is 0. The first kappa shape index (κ1) is 37.8. The Morgan fingerprint density at radius 2 is 0.742 bits per heavy atom. The van der Waals surface area contributed by atoms with Gasteiger partial charge < -0.3 is 9.32 Å². The molecule has 13 rings (SSSR count). The van der Waals surface area contributed by atoms with Gasteiger partial charge in [-0.3, -0.25) is 0 Å². The Kier molecular flexibility index (Phi) is 8.89. The Bertz CT molecular complexity index is 3960. The zero-order valence-corrected chi connectivity index (χ0v) is 36.0. The number of anilines is 3. The Morgan fingerprint density at radius 1 is 0.242 bits per heavy atom. The van der Waals surface area contributed by atoms with Crippen LogP contribution in [-0.2, 0) is 0 Å². The third-order valence-electron chi connectivity index (χ3n) is 13.5. The summed E-state index contributed by atoms with van der Waals surface area (Å²) in [5, 5.41) is 12.3. The van der Waals surface area contributed by atoms with Gasteiger partial charge in [0.25, 0.3) is 0 Å². The van der Waals surface area contributed by atoms with Crippen molar-refractivity contribution in [3.8, 4) is 44.5 Å². The van der Waals surface area contributed by atoms with E-state index in [1.54, 1.807) is 0 Å². The van der Waals surface area contributed by atoms with E-state index in [9.17, 15) is 0 Å². The van der Waals surface area contributed by atoms with Crippen molar-refractivity contribution in [2.45, 2.75) is 0 Å². The van der Waals surface area contributed by atoms with Crippen LogP contribution in [0.3, 0.4) is 0 Å². The maximum atomic E-state index is 6.45. The van der Waals surface area contributed by atoms with E-state index in [2.05, 4.69) is 241 Å². The largest absolute Gasteiger partial charge is 0.456 e. The van der Waals surface area contributed by atoms with Crippen molar-refractivity contribution in [2.24, 2.45) is 0 Å². The summed E-state index contributed by atoms with van der Waals surface area (Å²) in [6, 6.07) is 90.2. The molecule has 0 saturated heterocycles. The van der Waals surface area contributed by atoms with E-state index < -0.39 is 0 Å². The lowest BCUT2D eigenvalue weighted by Crippen LogP contribution is -2.09. The average molecular weight is 840 g/mol. The Labute approximate surface area is 382 Å². The van der Waals surface area contributed by atoms with E-state index in [-0.39, 0.29) is 0 Å². The van der Waals surface area contributed by atoms with Gasteiger partial charge in [0.15, 0.2) is 0 Å². The fourth-order valence-corrected chi connectivity index (χ4v) is 10.4. The summed E-state index contributed by atoms with van der Waals surface area (Å²) in [5.74, 6) is 0. The van der Waals surface area contributed by atoms with Gasteiger partial charge in [-0.15, -0.1) is 0 Å². The van der Waals surface area contributed by atoms with E-state index in [0.29, 0.717) is 0 Å². The molecular weight excluding hydrogens is 799 g/mol. The lowest BCUT2D eigenvalue weighted by molar-refractivity contribution is 0.669. The highest BCUT2D eigenvalue weighted by atomic mass is 16.3. The molecule has 2 nitrogen and oxygen atoms in total. The van der Waals surface area contributed by atoms with Gasteiger partial charge in [-0.25, -0.2) is 0 Å². The lowest BCUT2D eigenvalue weighted by Gasteiger charge is -2.26. The van der Waals surface area contributed by atoms with Crippen molar-refractivity contribution in [3.63, 3.8) is 0 Å². The van der Waals surface area contributed by atoms with Gasteiger partial charge in [0, 0.05) is 33.9 Å². The number of hydrogen-bond acceptors (Lipinski definition) is 2. The van der Waals surface area contributed by atoms with Crippen molar-refractivity contribution in [1.82, 2.24) is 0 Å². The van der Waals surface area contributed by atoms with Gasteiger partial charge in [-0.2, -0.15) is 0 Å². The average Bonchev–Trinajstić information content (AvgIpc) is 3.77. The molecule has 0 radical (unpaired) electrons. The summed E-state index contributed by atoms with van der Waals surface area (Å²) in [4.78, 5) is 2.34. The molecule has 0 amide bonds. The Hall–Kier alpha value is -8.72. The number of benzene rings is 12. The highest BCUT2D eigenvalue weighted by Crippen LogP contribution is 2.46. The second-order valence-corrected chi connectivity index (χ2v) is 17.2. The molecule has 13 aromatic rings. The molecule has 12 aromatic carbocycles. The van der Waals surface area contributed by atoms with Crippen molar-refractivity contribution < 1.29 is 4.42 Å². The molecule has 0 aliphatic rings. The number of hydrogen-bond donors (Lipinski definition) is 0. The first-order valence-electron chi connectivity index (χ1n) is 22.7. The SMILES string of the molecule is c1ccc(-c2c(-c3ccccc3)c3cc(-c4ccc(N(c5ccc(-c6cccc7c6ccc6ccccc67)cc5)c5ccc6c(c5)oc5ccccc56)cc4)ccc3c3ccccc23)cc1. The monoisotopic (exact) mass is 839 g/mol. The van der Waals surface area contributed by atoms with E-state index in [1.807, 2.05) is 12.1 Å². The van der Waals surface area contributed by atoms with Crippen molar-refractivity contribution >= 4 is 82.1 Å². The van der Waals surface area contributed by atoms with Crippen LogP contribution in [0.4, 0.5) is 17.1 Å². The van der Waals surface area contributed by atoms with Crippen LogP contribution in [0, 0.1) is 0 Å². The molecule has 0 aliphatic heterocycles. The smallest absolute Gasteiger partial charge is 0.137 e. The third-order valence-corrected chi connectivity index (χ3v) is 13.5. The van der Waals surface area contributed by atoms with Crippen molar-refractivity contribution in [3.05, 3.63) is 249 Å². The minimum Gasteiger partial charge on any atom is -0.456 e. The van der Waals surface area contributed by atoms with Gasteiger partial charge in [0.05, 0.1) is 0 Å². The molecule has 1 heterocycles. The fraction of sp³-hybridized carbons (Fsp3) is 0. The van der Waals surface area contributed by atoms with E-state index in [1.165, 1.54) is 82.0 Å². The van der Waals surface area contributed by atoms with Gasteiger partial charge in [0.2, 0.25) is 0 Å². The van der Waals surface area contributed by atoms with Crippen LogP contribution in [0.5, 0.6) is 0 Å². The third kappa shape index (κ3) is 6.26. The molecule has 1 aromatic heterocycles. The van der Waals surface area contributed by atoms with E-state index >= 15 is 0 Å². The molecule has 0 fully saturated rings. The molecule has 308 valence electrons. The summed E-state index contributed by atoms with van der Waals surface area (Å²) in [5.41, 5.74) is 14.5. The minimum atomic E-state index is 0.864. The number of furan rings is 1.